The van der Waals surface area contributed by atoms with E-state index in [0.717, 1.165) is 12.8 Å². The molecule has 0 heterocycles. The summed E-state index contributed by atoms with van der Waals surface area (Å²) in [5, 5.41) is 2.89. The molecule has 3 nitrogen and oxygen atoms in total. The Bertz CT molecular complexity index is 471. The molecule has 18 heavy (non-hydrogen) atoms. The fourth-order valence-corrected chi connectivity index (χ4v) is 2.19. The highest BCUT2D eigenvalue weighted by Crippen LogP contribution is 2.39. The highest BCUT2D eigenvalue weighted by molar-refractivity contribution is 5.95. The van der Waals surface area contributed by atoms with Crippen LogP contribution in [0.3, 0.4) is 0 Å². The Hall–Kier alpha value is -1.42. The molecule has 0 saturated heterocycles. The van der Waals surface area contributed by atoms with Crippen LogP contribution in [0.5, 0.6) is 0 Å². The van der Waals surface area contributed by atoms with Crippen molar-refractivity contribution in [3.05, 3.63) is 35.1 Å². The minimum atomic E-state index is -0.454. The molecule has 1 aliphatic carbocycles. The largest absolute Gasteiger partial charge is 0.345 e. The smallest absolute Gasteiger partial charge is 0.254 e. The molecule has 0 aromatic heterocycles. The van der Waals surface area contributed by atoms with Gasteiger partial charge in [-0.15, -0.1) is 0 Å². The van der Waals surface area contributed by atoms with E-state index in [1.54, 1.807) is 19.1 Å². The van der Waals surface area contributed by atoms with Gasteiger partial charge in [-0.05, 0) is 44.2 Å². The molecule has 1 saturated carbocycles. The first-order valence-electron chi connectivity index (χ1n) is 6.25. The maximum absolute atomic E-state index is 13.9. The molecule has 98 valence electrons. The molecule has 0 spiro atoms. The van der Waals surface area contributed by atoms with Crippen molar-refractivity contribution in [1.29, 1.82) is 0 Å². The van der Waals surface area contributed by atoms with Gasteiger partial charge in [0.25, 0.3) is 5.91 Å². The van der Waals surface area contributed by atoms with Gasteiger partial charge in [-0.2, -0.15) is 0 Å². The fraction of sp³-hybridized carbons (Fsp3) is 0.500. The highest BCUT2D eigenvalue weighted by atomic mass is 19.1. The highest BCUT2D eigenvalue weighted by Gasteiger charge is 2.41. The molecular weight excluding hydrogens is 231 g/mol. The second-order valence-corrected chi connectivity index (χ2v) is 5.29. The zero-order valence-corrected chi connectivity index (χ0v) is 10.8. The number of nitrogens with one attached hydrogen (secondary N) is 1. The van der Waals surface area contributed by atoms with Crippen molar-refractivity contribution in [2.45, 2.75) is 32.2 Å². The van der Waals surface area contributed by atoms with Gasteiger partial charge >= 0.3 is 0 Å². The molecule has 1 aromatic rings. The Kier molecular flexibility index (Phi) is 3.39. The summed E-state index contributed by atoms with van der Waals surface area (Å²) in [4.78, 5) is 12.1. The maximum atomic E-state index is 13.9. The first-order valence-corrected chi connectivity index (χ1v) is 6.25. The minimum absolute atomic E-state index is 0.0929. The molecule has 1 aliphatic rings. The second kappa shape index (κ2) is 4.69. The van der Waals surface area contributed by atoms with E-state index < -0.39 is 11.4 Å². The Morgan fingerprint density at radius 3 is 2.78 bits per heavy atom. The van der Waals surface area contributed by atoms with Crippen molar-refractivity contribution in [2.24, 2.45) is 11.7 Å². The Morgan fingerprint density at radius 1 is 1.56 bits per heavy atom. The fourth-order valence-electron chi connectivity index (χ4n) is 2.19. The van der Waals surface area contributed by atoms with Crippen LogP contribution < -0.4 is 11.1 Å². The van der Waals surface area contributed by atoms with Crippen LogP contribution in [0.25, 0.3) is 0 Å². The number of nitrogens with two attached hydrogens (primary N) is 1. The van der Waals surface area contributed by atoms with Crippen LogP contribution >= 0.6 is 0 Å². The predicted molar refractivity (Wildman–Crippen MR) is 68.8 cm³/mol. The molecule has 1 unspecified atom stereocenters. The number of halogens is 1. The van der Waals surface area contributed by atoms with Crippen LogP contribution in [-0.4, -0.2) is 18.0 Å². The summed E-state index contributed by atoms with van der Waals surface area (Å²) in [5.41, 5.74) is 5.88. The average Bonchev–Trinajstić information content (AvgIpc) is 3.16. The molecule has 4 heteroatoms. The molecule has 2 rings (SSSR count). The number of carbonyl (C=O) groups excluding carboxylic acids is 1. The van der Waals surface area contributed by atoms with Gasteiger partial charge < -0.3 is 11.1 Å². The minimum Gasteiger partial charge on any atom is -0.345 e. The molecule has 1 aromatic carbocycles. The van der Waals surface area contributed by atoms with Crippen LogP contribution in [0.15, 0.2) is 18.2 Å². The van der Waals surface area contributed by atoms with Gasteiger partial charge in [-0.3, -0.25) is 4.79 Å². The third kappa shape index (κ3) is 2.38. The molecule has 3 N–H and O–H groups in total. The van der Waals surface area contributed by atoms with Crippen LogP contribution in [0.1, 0.15) is 35.7 Å². The summed E-state index contributed by atoms with van der Waals surface area (Å²) >= 11 is 0. The number of aryl methyl sites for hydroxylation is 1. The van der Waals surface area contributed by atoms with E-state index in [1.807, 2.05) is 6.92 Å². The van der Waals surface area contributed by atoms with E-state index in [1.165, 1.54) is 6.07 Å². The average molecular weight is 250 g/mol. The van der Waals surface area contributed by atoms with Gasteiger partial charge in [-0.25, -0.2) is 4.39 Å². The standard InChI is InChI=1S/C14H19FN2O/c1-9-4-3-5-11(12(9)15)13(18)17-14(2,8-16)10-6-7-10/h3-5,10H,6-8,16H2,1-2H3,(H,17,18). The van der Waals surface area contributed by atoms with E-state index in [2.05, 4.69) is 5.32 Å². The molecule has 1 fully saturated rings. The predicted octanol–water partition coefficient (Wildman–Crippen LogP) is 1.99. The third-order valence-electron chi connectivity index (χ3n) is 3.74. The van der Waals surface area contributed by atoms with Crippen molar-refractivity contribution < 1.29 is 9.18 Å². The zero-order valence-electron chi connectivity index (χ0n) is 10.8. The quantitative estimate of drug-likeness (QED) is 0.858. The van der Waals surface area contributed by atoms with E-state index >= 15 is 0 Å². The zero-order chi connectivity index (χ0) is 13.3. The lowest BCUT2D eigenvalue weighted by Crippen LogP contribution is -2.53. The summed E-state index contributed by atoms with van der Waals surface area (Å²) in [6.07, 6.45) is 2.15. The van der Waals surface area contributed by atoms with Crippen molar-refractivity contribution in [1.82, 2.24) is 5.32 Å². The number of hydrogen-bond donors (Lipinski definition) is 2. The summed E-state index contributed by atoms with van der Waals surface area (Å²) in [7, 11) is 0. The molecule has 0 bridgehead atoms. The number of rotatable bonds is 4. The molecule has 0 radical (unpaired) electrons. The van der Waals surface area contributed by atoms with Gasteiger partial charge in [0, 0.05) is 6.54 Å². The molecule has 1 amide bonds. The molecular formula is C14H19FN2O. The first kappa shape index (κ1) is 13.0. The topological polar surface area (TPSA) is 55.1 Å². The van der Waals surface area contributed by atoms with Gasteiger partial charge in [0.15, 0.2) is 0 Å². The van der Waals surface area contributed by atoms with Crippen LogP contribution in [0, 0.1) is 18.7 Å². The van der Waals surface area contributed by atoms with E-state index in [0.29, 0.717) is 18.0 Å². The lowest BCUT2D eigenvalue weighted by molar-refractivity contribution is 0.0893. The van der Waals surface area contributed by atoms with Gasteiger partial charge in [0.2, 0.25) is 0 Å². The summed E-state index contributed by atoms with van der Waals surface area (Å²) in [5.74, 6) is -0.416. The summed E-state index contributed by atoms with van der Waals surface area (Å²) < 4.78 is 13.9. The third-order valence-corrected chi connectivity index (χ3v) is 3.74. The van der Waals surface area contributed by atoms with Crippen LogP contribution in [0.4, 0.5) is 4.39 Å². The van der Waals surface area contributed by atoms with E-state index in [4.69, 9.17) is 5.73 Å². The van der Waals surface area contributed by atoms with E-state index in [9.17, 15) is 9.18 Å². The number of hydrogen-bond acceptors (Lipinski definition) is 2. The SMILES string of the molecule is Cc1cccc(C(=O)NC(C)(CN)C2CC2)c1F. The van der Waals surface area contributed by atoms with Gasteiger partial charge in [0.05, 0.1) is 11.1 Å². The maximum Gasteiger partial charge on any atom is 0.254 e. The Morgan fingerprint density at radius 2 is 2.22 bits per heavy atom. The Balaban J connectivity index is 2.19. The lowest BCUT2D eigenvalue weighted by Gasteiger charge is -2.29. The summed E-state index contributed by atoms with van der Waals surface area (Å²) in [6, 6.07) is 4.83. The van der Waals surface area contributed by atoms with Crippen LogP contribution in [-0.2, 0) is 0 Å². The van der Waals surface area contributed by atoms with Crippen molar-refractivity contribution in [3.63, 3.8) is 0 Å². The monoisotopic (exact) mass is 250 g/mol. The normalized spacial score (nSPS) is 18.2. The van der Waals surface area contributed by atoms with Crippen LogP contribution in [0.2, 0.25) is 0 Å². The van der Waals surface area contributed by atoms with Gasteiger partial charge in [-0.1, -0.05) is 12.1 Å². The van der Waals surface area contributed by atoms with Crippen molar-refractivity contribution in [3.8, 4) is 0 Å². The van der Waals surface area contributed by atoms with Gasteiger partial charge in [0.1, 0.15) is 5.82 Å². The number of amides is 1. The summed E-state index contributed by atoms with van der Waals surface area (Å²) in [6.45, 7) is 3.95. The van der Waals surface area contributed by atoms with E-state index in [-0.39, 0.29) is 11.5 Å². The number of carbonyl (C=O) groups is 1. The first-order chi connectivity index (χ1) is 8.48. The number of benzene rings is 1. The van der Waals surface area contributed by atoms with Crippen molar-refractivity contribution in [2.75, 3.05) is 6.54 Å². The second-order valence-electron chi connectivity index (χ2n) is 5.29. The molecule has 0 aliphatic heterocycles. The lowest BCUT2D eigenvalue weighted by atomic mass is 9.95. The van der Waals surface area contributed by atoms with Crippen molar-refractivity contribution >= 4 is 5.91 Å². The Labute approximate surface area is 107 Å². The molecule has 1 atom stereocenters.